The first-order valence-electron chi connectivity index (χ1n) is 30.8. The smallest absolute Gasteiger partial charge is 0.327 e. The predicted molar refractivity (Wildman–Crippen MR) is 306 cm³/mol. The van der Waals surface area contributed by atoms with E-state index in [1.165, 1.54) is 309 Å². The fourth-order valence-electron chi connectivity index (χ4n) is 8.74. The molecule has 410 valence electrons. The molecule has 0 amide bonds. The van der Waals surface area contributed by atoms with Gasteiger partial charge in [-0.15, -0.1) is 0 Å². The van der Waals surface area contributed by atoms with Crippen LogP contribution in [0.2, 0.25) is 0 Å². The number of nitrogens with zero attached hydrogens (tertiary/aromatic N) is 2. The Bertz CT molecular complexity index is 802. The van der Waals surface area contributed by atoms with Gasteiger partial charge in [0.1, 0.15) is 0 Å². The van der Waals surface area contributed by atoms with E-state index in [9.17, 15) is 9.59 Å². The quantitative estimate of drug-likeness (QED) is 0.0467. The lowest BCUT2D eigenvalue weighted by atomic mass is 10.1. The Balaban J connectivity index is -0.000000446. The van der Waals surface area contributed by atoms with Crippen molar-refractivity contribution < 1.29 is 19.8 Å². The van der Waals surface area contributed by atoms with Crippen LogP contribution in [0, 0.1) is 0 Å². The number of carboxylic acid groups (broad SMARTS) is 2. The lowest BCUT2D eigenvalue weighted by Crippen LogP contribution is -2.27. The first-order chi connectivity index (χ1) is 33.2. The van der Waals surface area contributed by atoms with E-state index >= 15 is 0 Å². The van der Waals surface area contributed by atoms with Crippen LogP contribution in [0.4, 0.5) is 0 Å². The third-order valence-corrected chi connectivity index (χ3v) is 13.3. The minimum absolute atomic E-state index is 0.341. The summed E-state index contributed by atoms with van der Waals surface area (Å²) in [5.74, 6) is -1.55. The van der Waals surface area contributed by atoms with Crippen LogP contribution in [0.5, 0.6) is 0 Å². The van der Waals surface area contributed by atoms with Gasteiger partial charge in [-0.1, -0.05) is 286 Å². The van der Waals surface area contributed by atoms with E-state index in [0.29, 0.717) is 6.42 Å². The van der Waals surface area contributed by atoms with Crippen LogP contribution in [-0.2, 0) is 9.59 Å². The lowest BCUT2D eigenvalue weighted by molar-refractivity contribution is -0.137. The molecule has 0 aromatic carbocycles. The maximum Gasteiger partial charge on any atom is 0.327 e. The summed E-state index contributed by atoms with van der Waals surface area (Å²) >= 11 is 0. The van der Waals surface area contributed by atoms with Crippen molar-refractivity contribution in [1.29, 1.82) is 0 Å². The van der Waals surface area contributed by atoms with Gasteiger partial charge in [0.05, 0.1) is 0 Å². The fraction of sp³-hybridized carbons (Fsp3) is 0.935. The van der Waals surface area contributed by atoms with Crippen LogP contribution >= 0.6 is 0 Å². The van der Waals surface area contributed by atoms with Crippen molar-refractivity contribution >= 4 is 11.9 Å². The lowest BCUT2D eigenvalue weighted by Gasteiger charge is -2.22. The Morgan fingerprint density at radius 3 is 0.618 bits per heavy atom. The summed E-state index contributed by atoms with van der Waals surface area (Å²) in [4.78, 5) is 25.2. The second kappa shape index (κ2) is 69.9. The average molecular weight is 966 g/mol. The second-order valence-corrected chi connectivity index (χ2v) is 20.4. The first kappa shape index (κ1) is 73.1. The Morgan fingerprint density at radius 2 is 0.471 bits per heavy atom. The van der Waals surface area contributed by atoms with Crippen LogP contribution < -0.4 is 0 Å². The zero-order valence-electron chi connectivity index (χ0n) is 48.1. The molecule has 0 unspecified atom stereocenters. The summed E-state index contributed by atoms with van der Waals surface area (Å²) < 4.78 is 0. The number of unbranched alkanes of at least 4 members (excludes halogenated alkanes) is 36. The van der Waals surface area contributed by atoms with Gasteiger partial charge in [-0.25, -0.2) is 4.79 Å². The zero-order chi connectivity index (χ0) is 51.1. The minimum Gasteiger partial charge on any atom is -0.481 e. The van der Waals surface area contributed by atoms with Gasteiger partial charge in [0, 0.05) is 12.5 Å². The van der Waals surface area contributed by atoms with Gasteiger partial charge in [-0.3, -0.25) is 4.79 Å². The zero-order valence-corrected chi connectivity index (χ0v) is 48.1. The summed E-state index contributed by atoms with van der Waals surface area (Å²) in [5.41, 5.74) is 0. The van der Waals surface area contributed by atoms with Gasteiger partial charge in [0.15, 0.2) is 0 Å². The number of carbonyl (C=O) groups is 2. The molecule has 6 nitrogen and oxygen atoms in total. The topological polar surface area (TPSA) is 81.1 Å². The van der Waals surface area contributed by atoms with E-state index in [0.717, 1.165) is 18.9 Å². The predicted octanol–water partition coefficient (Wildman–Crippen LogP) is 20.6. The highest BCUT2D eigenvalue weighted by Gasteiger charge is 2.07. The van der Waals surface area contributed by atoms with Crippen molar-refractivity contribution in [3.63, 3.8) is 0 Å². The van der Waals surface area contributed by atoms with Crippen LogP contribution in [-0.4, -0.2) is 71.2 Å². The normalized spacial score (nSPS) is 11.1. The third kappa shape index (κ3) is 76.1. The highest BCUT2D eigenvalue weighted by Crippen LogP contribution is 2.14. The van der Waals surface area contributed by atoms with Crippen LogP contribution in [0.15, 0.2) is 12.2 Å². The highest BCUT2D eigenvalue weighted by molar-refractivity contribution is 5.79. The molecule has 0 aliphatic rings. The van der Waals surface area contributed by atoms with Gasteiger partial charge in [-0.2, -0.15) is 0 Å². The average Bonchev–Trinajstić information content (AvgIpc) is 3.32. The summed E-state index contributed by atoms with van der Waals surface area (Å²) in [6, 6.07) is 0. The molecule has 0 saturated carbocycles. The van der Waals surface area contributed by atoms with Gasteiger partial charge in [0.25, 0.3) is 0 Å². The number of hydrogen-bond acceptors (Lipinski definition) is 4. The molecule has 0 aromatic heterocycles. The Kier molecular flexibility index (Phi) is 75.1. The summed E-state index contributed by atoms with van der Waals surface area (Å²) in [7, 11) is 0. The number of aliphatic carboxylic acids is 2. The molecule has 0 aromatic rings. The number of hydrogen-bond donors (Lipinski definition) is 2. The molecule has 0 aliphatic carbocycles. The largest absolute Gasteiger partial charge is 0.481 e. The molecule has 0 saturated heterocycles. The van der Waals surface area contributed by atoms with Crippen molar-refractivity contribution in [2.24, 2.45) is 0 Å². The first-order valence-corrected chi connectivity index (χ1v) is 30.8. The molecule has 68 heavy (non-hydrogen) atoms. The molecule has 6 heteroatoms. The summed E-state index contributed by atoms with van der Waals surface area (Å²) in [6.07, 6.45) is 62.6. The Hall–Kier alpha value is -1.40. The molecule has 0 heterocycles. The summed E-state index contributed by atoms with van der Waals surface area (Å²) in [5, 5.41) is 16.2. The molecular weight excluding hydrogens is 837 g/mol. The van der Waals surface area contributed by atoms with Crippen LogP contribution in [0.1, 0.15) is 338 Å². The standard InChI is InChI=1S/2C24H51N.C10H20O2.C4H6O2/c2*1-4-7-10-13-16-19-22-25(23-20-17-14-11-8-5-2)24-21-18-15-12-9-6-3;1-2-3-4-5-6-7-8-9-10(11)12;1-2-3-4(5)6/h2*4-24H2,1-3H3;2-9H2,1H3,(H,11,12);2-3H,1H3,(H,5,6). The van der Waals surface area contributed by atoms with Gasteiger partial charge in [-0.05, 0) is 91.1 Å². The van der Waals surface area contributed by atoms with Crippen molar-refractivity contribution in [1.82, 2.24) is 9.80 Å². The highest BCUT2D eigenvalue weighted by atomic mass is 16.4. The van der Waals surface area contributed by atoms with Crippen molar-refractivity contribution in [3.05, 3.63) is 12.2 Å². The van der Waals surface area contributed by atoms with E-state index in [2.05, 4.69) is 58.3 Å². The second-order valence-electron chi connectivity index (χ2n) is 20.4. The number of carboxylic acids is 2. The van der Waals surface area contributed by atoms with E-state index in [4.69, 9.17) is 10.2 Å². The minimum atomic E-state index is -0.891. The number of rotatable bonds is 51. The monoisotopic (exact) mass is 965 g/mol. The van der Waals surface area contributed by atoms with E-state index < -0.39 is 11.9 Å². The number of allylic oxidation sites excluding steroid dienone is 1. The third-order valence-electron chi connectivity index (χ3n) is 13.3. The molecule has 0 fully saturated rings. The van der Waals surface area contributed by atoms with E-state index in [1.54, 1.807) is 6.92 Å². The SMILES string of the molecule is CC=CC(=O)O.CCCCCCCCCC(=O)O.CCCCCCCCN(CCCCCCCC)CCCCCCCC.CCCCCCCCN(CCCCCCCC)CCCCCCCC. The van der Waals surface area contributed by atoms with Crippen LogP contribution in [0.3, 0.4) is 0 Å². The van der Waals surface area contributed by atoms with Gasteiger partial charge < -0.3 is 20.0 Å². The molecule has 0 rings (SSSR count). The molecule has 2 N–H and O–H groups in total. The Morgan fingerprint density at radius 1 is 0.294 bits per heavy atom. The van der Waals surface area contributed by atoms with E-state index in [-0.39, 0.29) is 0 Å². The van der Waals surface area contributed by atoms with Gasteiger partial charge in [0.2, 0.25) is 0 Å². The molecule has 0 bridgehead atoms. The molecule has 0 radical (unpaired) electrons. The van der Waals surface area contributed by atoms with Crippen molar-refractivity contribution in [2.75, 3.05) is 39.3 Å². The molecular formula is C62H128N2O4. The maximum absolute atomic E-state index is 10.1. The van der Waals surface area contributed by atoms with Crippen molar-refractivity contribution in [3.8, 4) is 0 Å². The Labute approximate surface area is 429 Å². The van der Waals surface area contributed by atoms with Crippen molar-refractivity contribution in [2.45, 2.75) is 338 Å². The fourth-order valence-corrected chi connectivity index (χ4v) is 8.74. The maximum atomic E-state index is 10.1. The molecule has 0 spiro atoms. The summed E-state index contributed by atoms with van der Waals surface area (Å²) in [6.45, 7) is 25.9. The molecule has 0 atom stereocenters. The van der Waals surface area contributed by atoms with E-state index in [1.807, 2.05) is 0 Å². The molecule has 0 aliphatic heterocycles. The van der Waals surface area contributed by atoms with Crippen LogP contribution in [0.25, 0.3) is 0 Å². The van der Waals surface area contributed by atoms with Gasteiger partial charge >= 0.3 is 11.9 Å².